The van der Waals surface area contributed by atoms with Gasteiger partial charge in [-0.05, 0) is 12.1 Å². The number of para-hydroxylation sites is 1. The molecular weight excluding hydrogens is 264 g/mol. The lowest BCUT2D eigenvalue weighted by Gasteiger charge is -2.19. The molecule has 0 radical (unpaired) electrons. The fraction of sp³-hybridized carbons (Fsp3) is 0.385. The fourth-order valence-corrected chi connectivity index (χ4v) is 2.41. The Balaban J connectivity index is 2.40. The fourth-order valence-electron chi connectivity index (χ4n) is 1.30. The molecule has 0 N–H and O–H groups in total. The van der Waals surface area contributed by atoms with Crippen molar-refractivity contribution < 1.29 is 4.79 Å². The molecule has 0 aliphatic carbocycles. The van der Waals surface area contributed by atoms with E-state index in [-0.39, 0.29) is 5.91 Å². The van der Waals surface area contributed by atoms with Crippen LogP contribution in [0.4, 0.5) is 5.69 Å². The van der Waals surface area contributed by atoms with Gasteiger partial charge in [0.2, 0.25) is 5.91 Å². The maximum absolute atomic E-state index is 11.4. The zero-order valence-electron chi connectivity index (χ0n) is 10.9. The largest absolute Gasteiger partial charge is 0.349 e. The summed E-state index contributed by atoms with van der Waals surface area (Å²) >= 11 is 6.88. The molecule has 0 fully saturated rings. The normalized spacial score (nSPS) is 9.94. The first-order valence-electron chi connectivity index (χ1n) is 5.68. The maximum Gasteiger partial charge on any atom is 0.222 e. The Hall–Kier alpha value is -1.07. The minimum absolute atomic E-state index is 0.132. The lowest BCUT2D eigenvalue weighted by molar-refractivity contribution is -0.128. The van der Waals surface area contributed by atoms with Crippen molar-refractivity contribution in [3.8, 4) is 0 Å². The first kappa shape index (κ1) is 15.0. The van der Waals surface area contributed by atoms with Crippen molar-refractivity contribution >= 4 is 39.9 Å². The van der Waals surface area contributed by atoms with E-state index in [9.17, 15) is 4.79 Å². The Morgan fingerprint density at radius 2 is 1.83 bits per heavy atom. The summed E-state index contributed by atoms with van der Waals surface area (Å²) in [5.74, 6) is 0.847. The van der Waals surface area contributed by atoms with Gasteiger partial charge >= 0.3 is 0 Å². The Morgan fingerprint density at radius 3 is 2.39 bits per heavy atom. The molecule has 0 bridgehead atoms. The van der Waals surface area contributed by atoms with Gasteiger partial charge in [0.25, 0.3) is 0 Å². The van der Waals surface area contributed by atoms with Crippen molar-refractivity contribution in [3.63, 3.8) is 0 Å². The summed E-state index contributed by atoms with van der Waals surface area (Å²) < 4.78 is 0.785. The van der Waals surface area contributed by atoms with Crippen LogP contribution in [0.25, 0.3) is 0 Å². The van der Waals surface area contributed by atoms with Gasteiger partial charge in [0.1, 0.15) is 4.32 Å². The number of hydrogen-bond donors (Lipinski definition) is 0. The third kappa shape index (κ3) is 4.66. The lowest BCUT2D eigenvalue weighted by atomic mass is 10.3. The summed E-state index contributed by atoms with van der Waals surface area (Å²) in [6.45, 7) is 0. The molecule has 1 aromatic carbocycles. The number of hydrogen-bond acceptors (Lipinski definition) is 3. The molecule has 1 amide bonds. The Bertz CT molecular complexity index is 407. The highest BCUT2D eigenvalue weighted by molar-refractivity contribution is 8.23. The van der Waals surface area contributed by atoms with Gasteiger partial charge < -0.3 is 9.80 Å². The smallest absolute Gasteiger partial charge is 0.222 e. The number of nitrogens with zero attached hydrogens (tertiary/aromatic N) is 2. The third-order valence-corrected chi connectivity index (χ3v) is 4.01. The van der Waals surface area contributed by atoms with Crippen LogP contribution in [0.15, 0.2) is 30.3 Å². The first-order chi connectivity index (χ1) is 8.52. The average Bonchev–Trinajstić information content (AvgIpc) is 2.38. The highest BCUT2D eigenvalue weighted by Gasteiger charge is 2.09. The molecular formula is C13H18N2OS2. The number of carbonyl (C=O) groups is 1. The standard InChI is InChI=1S/C13H18N2OS2/c1-14(2)12(16)9-10-18-13(17)15(3)11-7-5-4-6-8-11/h4-8H,9-10H2,1-3H3. The molecule has 0 aliphatic heterocycles. The van der Waals surface area contributed by atoms with Gasteiger partial charge in [-0.15, -0.1) is 0 Å². The molecule has 5 heteroatoms. The van der Waals surface area contributed by atoms with Gasteiger partial charge in [-0.1, -0.05) is 42.2 Å². The second kappa shape index (κ2) is 7.38. The zero-order chi connectivity index (χ0) is 13.5. The summed E-state index contributed by atoms with van der Waals surface area (Å²) in [5.41, 5.74) is 1.06. The molecule has 18 heavy (non-hydrogen) atoms. The molecule has 0 atom stereocenters. The topological polar surface area (TPSA) is 23.6 Å². The van der Waals surface area contributed by atoms with Crippen LogP contribution >= 0.6 is 24.0 Å². The molecule has 0 heterocycles. The average molecular weight is 282 g/mol. The maximum atomic E-state index is 11.4. The Kier molecular flexibility index (Phi) is 6.15. The van der Waals surface area contributed by atoms with Crippen molar-refractivity contribution in [2.24, 2.45) is 0 Å². The number of rotatable bonds is 4. The Labute approximate surface area is 118 Å². The lowest BCUT2D eigenvalue weighted by Crippen LogP contribution is -2.24. The molecule has 1 aromatic rings. The third-order valence-electron chi connectivity index (χ3n) is 2.46. The van der Waals surface area contributed by atoms with Crippen LogP contribution in [-0.4, -0.2) is 42.0 Å². The minimum atomic E-state index is 0.132. The second-order valence-corrected chi connectivity index (χ2v) is 5.78. The van der Waals surface area contributed by atoms with E-state index in [0.29, 0.717) is 12.2 Å². The van der Waals surface area contributed by atoms with Crippen molar-refractivity contribution in [1.29, 1.82) is 0 Å². The van der Waals surface area contributed by atoms with Gasteiger partial charge in [0, 0.05) is 39.0 Å². The van der Waals surface area contributed by atoms with Crippen LogP contribution in [0.5, 0.6) is 0 Å². The van der Waals surface area contributed by atoms with Gasteiger partial charge in [-0.2, -0.15) is 0 Å². The van der Waals surface area contributed by atoms with E-state index in [1.807, 2.05) is 42.3 Å². The zero-order valence-corrected chi connectivity index (χ0v) is 12.6. The summed E-state index contributed by atoms with van der Waals surface area (Å²) in [7, 11) is 5.47. The minimum Gasteiger partial charge on any atom is -0.349 e. The van der Waals surface area contributed by atoms with E-state index in [4.69, 9.17) is 12.2 Å². The summed E-state index contributed by atoms with van der Waals surface area (Å²) in [5, 5.41) is 0. The number of anilines is 1. The molecule has 0 unspecified atom stereocenters. The molecule has 3 nitrogen and oxygen atoms in total. The van der Waals surface area contributed by atoms with E-state index in [2.05, 4.69) is 0 Å². The second-order valence-electron chi connectivity index (χ2n) is 4.05. The van der Waals surface area contributed by atoms with Crippen LogP contribution < -0.4 is 4.90 Å². The van der Waals surface area contributed by atoms with E-state index in [1.54, 1.807) is 19.0 Å². The van der Waals surface area contributed by atoms with Gasteiger partial charge in [0.15, 0.2) is 0 Å². The van der Waals surface area contributed by atoms with Crippen molar-refractivity contribution in [2.75, 3.05) is 31.8 Å². The van der Waals surface area contributed by atoms with E-state index in [0.717, 1.165) is 10.0 Å². The quantitative estimate of drug-likeness (QED) is 0.792. The predicted octanol–water partition coefficient (Wildman–Crippen LogP) is 2.62. The predicted molar refractivity (Wildman–Crippen MR) is 83.2 cm³/mol. The van der Waals surface area contributed by atoms with Crippen molar-refractivity contribution in [1.82, 2.24) is 4.90 Å². The van der Waals surface area contributed by atoms with Crippen LogP contribution in [0, 0.1) is 0 Å². The van der Waals surface area contributed by atoms with Crippen molar-refractivity contribution in [3.05, 3.63) is 30.3 Å². The van der Waals surface area contributed by atoms with Crippen LogP contribution in [0.1, 0.15) is 6.42 Å². The van der Waals surface area contributed by atoms with Gasteiger partial charge in [-0.25, -0.2) is 0 Å². The Morgan fingerprint density at radius 1 is 1.22 bits per heavy atom. The summed E-state index contributed by atoms with van der Waals surface area (Å²) in [6.07, 6.45) is 0.514. The number of thiocarbonyl (C=S) groups is 1. The number of carbonyl (C=O) groups excluding carboxylic acids is 1. The summed E-state index contributed by atoms with van der Waals surface area (Å²) in [4.78, 5) is 15.0. The molecule has 0 spiro atoms. The van der Waals surface area contributed by atoms with Crippen LogP contribution in [0.3, 0.4) is 0 Å². The molecule has 98 valence electrons. The van der Waals surface area contributed by atoms with E-state index >= 15 is 0 Å². The molecule has 0 aliphatic rings. The molecule has 0 saturated carbocycles. The van der Waals surface area contributed by atoms with Gasteiger partial charge in [0.05, 0.1) is 0 Å². The highest BCUT2D eigenvalue weighted by Crippen LogP contribution is 2.18. The van der Waals surface area contributed by atoms with Crippen LogP contribution in [-0.2, 0) is 4.79 Å². The molecule has 1 rings (SSSR count). The molecule has 0 aromatic heterocycles. The van der Waals surface area contributed by atoms with Gasteiger partial charge in [-0.3, -0.25) is 4.79 Å². The van der Waals surface area contributed by atoms with Crippen LogP contribution in [0.2, 0.25) is 0 Å². The first-order valence-corrected chi connectivity index (χ1v) is 7.07. The number of thioether (sulfide) groups is 1. The van der Waals surface area contributed by atoms with Crippen molar-refractivity contribution in [2.45, 2.75) is 6.42 Å². The SMILES string of the molecule is CN(C)C(=O)CCSC(=S)N(C)c1ccccc1. The van der Waals surface area contributed by atoms with E-state index < -0.39 is 0 Å². The summed E-state index contributed by atoms with van der Waals surface area (Å²) in [6, 6.07) is 9.96. The van der Waals surface area contributed by atoms with E-state index in [1.165, 1.54) is 11.8 Å². The number of benzene rings is 1. The monoisotopic (exact) mass is 282 g/mol. The highest BCUT2D eigenvalue weighted by atomic mass is 32.2. The molecule has 0 saturated heterocycles. The number of amides is 1.